The highest BCUT2D eigenvalue weighted by molar-refractivity contribution is 6.42. The van der Waals surface area contributed by atoms with Gasteiger partial charge in [0.25, 0.3) is 11.6 Å². The van der Waals surface area contributed by atoms with Gasteiger partial charge in [0.05, 0.1) is 15.0 Å². The SMILES string of the molecule is N#C/C(=C\c1ccc(-c2cccc([N+](=O)[O-])c2)o1)C(=O)Nc1ccc(Cl)c(Cl)c1. The molecule has 0 bridgehead atoms. The molecule has 1 amide bonds. The summed E-state index contributed by atoms with van der Waals surface area (Å²) in [6.07, 6.45) is 1.27. The van der Waals surface area contributed by atoms with Gasteiger partial charge in [-0.05, 0) is 30.3 Å². The number of anilines is 1. The number of nitrogens with one attached hydrogen (secondary N) is 1. The number of nitrogens with zero attached hydrogens (tertiary/aromatic N) is 2. The Balaban J connectivity index is 1.82. The molecule has 0 aliphatic heterocycles. The minimum Gasteiger partial charge on any atom is -0.457 e. The molecular formula is C20H11Cl2N3O4. The number of nitro benzene ring substituents is 1. The van der Waals surface area contributed by atoms with Crippen LogP contribution in [0.1, 0.15) is 5.76 Å². The molecule has 0 fully saturated rings. The number of benzene rings is 2. The maximum absolute atomic E-state index is 12.3. The first-order chi connectivity index (χ1) is 13.9. The highest BCUT2D eigenvalue weighted by Crippen LogP contribution is 2.27. The van der Waals surface area contributed by atoms with E-state index < -0.39 is 10.8 Å². The van der Waals surface area contributed by atoms with Crippen LogP contribution in [0, 0.1) is 21.4 Å². The fourth-order valence-corrected chi connectivity index (χ4v) is 2.72. The number of carbonyl (C=O) groups excluding carboxylic acids is 1. The van der Waals surface area contributed by atoms with Crippen molar-refractivity contribution in [3.05, 3.63) is 86.1 Å². The van der Waals surface area contributed by atoms with Crippen LogP contribution in [0.2, 0.25) is 10.0 Å². The third-order valence-corrected chi connectivity index (χ3v) is 4.54. The summed E-state index contributed by atoms with van der Waals surface area (Å²) in [5.41, 5.74) is 0.602. The molecule has 1 heterocycles. The zero-order chi connectivity index (χ0) is 21.0. The van der Waals surface area contributed by atoms with Crippen LogP contribution in [-0.4, -0.2) is 10.8 Å². The minimum atomic E-state index is -0.654. The van der Waals surface area contributed by atoms with Gasteiger partial charge in [-0.25, -0.2) is 0 Å². The first kappa shape index (κ1) is 20.1. The third kappa shape index (κ3) is 4.82. The van der Waals surface area contributed by atoms with Crippen molar-refractivity contribution >= 4 is 46.6 Å². The Bertz CT molecular complexity index is 1180. The largest absolute Gasteiger partial charge is 0.457 e. The molecule has 0 aliphatic rings. The average molecular weight is 428 g/mol. The lowest BCUT2D eigenvalue weighted by molar-refractivity contribution is -0.384. The standard InChI is InChI=1S/C20H11Cl2N3O4/c21-17-6-4-14(10-18(17)22)24-20(26)13(11-23)9-16-5-7-19(29-16)12-2-1-3-15(8-12)25(27)28/h1-10H,(H,24,26)/b13-9+. The molecular weight excluding hydrogens is 417 g/mol. The van der Waals surface area contributed by atoms with Crippen LogP contribution in [0.3, 0.4) is 0 Å². The second-order valence-electron chi connectivity index (χ2n) is 5.76. The van der Waals surface area contributed by atoms with E-state index in [1.165, 1.54) is 36.4 Å². The summed E-state index contributed by atoms with van der Waals surface area (Å²) in [5, 5.41) is 23.4. The number of amides is 1. The predicted octanol–water partition coefficient (Wildman–Crippen LogP) is 5.71. The summed E-state index contributed by atoms with van der Waals surface area (Å²) in [6.45, 7) is 0. The van der Waals surface area contributed by atoms with Crippen molar-refractivity contribution in [1.29, 1.82) is 5.26 Å². The van der Waals surface area contributed by atoms with Crippen LogP contribution in [-0.2, 0) is 4.79 Å². The number of rotatable bonds is 5. The van der Waals surface area contributed by atoms with Gasteiger partial charge >= 0.3 is 0 Å². The summed E-state index contributed by atoms with van der Waals surface area (Å²) < 4.78 is 5.60. The highest BCUT2D eigenvalue weighted by atomic mass is 35.5. The topological polar surface area (TPSA) is 109 Å². The van der Waals surface area contributed by atoms with Gasteiger partial charge in [0.1, 0.15) is 23.2 Å². The van der Waals surface area contributed by atoms with E-state index >= 15 is 0 Å². The van der Waals surface area contributed by atoms with Crippen molar-refractivity contribution in [1.82, 2.24) is 0 Å². The second kappa shape index (κ2) is 8.61. The van der Waals surface area contributed by atoms with E-state index in [4.69, 9.17) is 27.6 Å². The normalized spacial score (nSPS) is 11.0. The van der Waals surface area contributed by atoms with E-state index in [2.05, 4.69) is 5.32 Å². The molecule has 0 atom stereocenters. The molecule has 0 spiro atoms. The first-order valence-corrected chi connectivity index (χ1v) is 8.86. The summed E-state index contributed by atoms with van der Waals surface area (Å²) in [5.74, 6) is -0.0475. The Morgan fingerprint density at radius 2 is 1.93 bits per heavy atom. The molecule has 3 rings (SSSR count). The van der Waals surface area contributed by atoms with Crippen LogP contribution >= 0.6 is 23.2 Å². The van der Waals surface area contributed by atoms with Crippen molar-refractivity contribution in [3.8, 4) is 17.4 Å². The maximum atomic E-state index is 12.3. The van der Waals surface area contributed by atoms with Gasteiger partial charge in [0, 0.05) is 29.5 Å². The number of nitriles is 1. The van der Waals surface area contributed by atoms with Gasteiger partial charge in [0.15, 0.2) is 0 Å². The number of nitro groups is 1. The summed E-state index contributed by atoms with van der Waals surface area (Å²) >= 11 is 11.7. The zero-order valence-electron chi connectivity index (χ0n) is 14.6. The average Bonchev–Trinajstić information content (AvgIpc) is 3.17. The molecule has 0 saturated heterocycles. The van der Waals surface area contributed by atoms with Crippen LogP contribution in [0.5, 0.6) is 0 Å². The third-order valence-electron chi connectivity index (χ3n) is 3.80. The first-order valence-electron chi connectivity index (χ1n) is 8.10. The van der Waals surface area contributed by atoms with Crippen LogP contribution in [0.25, 0.3) is 17.4 Å². The van der Waals surface area contributed by atoms with Gasteiger partial charge < -0.3 is 9.73 Å². The lowest BCUT2D eigenvalue weighted by Gasteiger charge is -2.05. The van der Waals surface area contributed by atoms with Crippen molar-refractivity contribution in [2.45, 2.75) is 0 Å². The molecule has 1 N–H and O–H groups in total. The van der Waals surface area contributed by atoms with Crippen LogP contribution < -0.4 is 5.32 Å². The zero-order valence-corrected chi connectivity index (χ0v) is 16.1. The number of non-ortho nitro benzene ring substituents is 1. The lowest BCUT2D eigenvalue weighted by atomic mass is 10.1. The highest BCUT2D eigenvalue weighted by Gasteiger charge is 2.13. The molecule has 144 valence electrons. The van der Waals surface area contributed by atoms with Crippen molar-refractivity contribution in [3.63, 3.8) is 0 Å². The summed E-state index contributed by atoms with van der Waals surface area (Å²) in [4.78, 5) is 22.7. The molecule has 0 saturated carbocycles. The van der Waals surface area contributed by atoms with E-state index in [1.807, 2.05) is 6.07 Å². The Morgan fingerprint density at radius 1 is 1.14 bits per heavy atom. The molecule has 3 aromatic rings. The van der Waals surface area contributed by atoms with Gasteiger partial charge in [-0.15, -0.1) is 0 Å². The fourth-order valence-electron chi connectivity index (χ4n) is 2.42. The second-order valence-corrected chi connectivity index (χ2v) is 6.58. The van der Waals surface area contributed by atoms with E-state index in [9.17, 15) is 20.2 Å². The van der Waals surface area contributed by atoms with Gasteiger partial charge in [0.2, 0.25) is 0 Å². The van der Waals surface area contributed by atoms with Crippen LogP contribution in [0.15, 0.2) is 64.6 Å². The quantitative estimate of drug-likeness (QED) is 0.242. The summed E-state index contributed by atoms with van der Waals surface area (Å²) in [6, 6.07) is 15.4. The van der Waals surface area contributed by atoms with Crippen molar-refractivity contribution in [2.75, 3.05) is 5.32 Å². The minimum absolute atomic E-state index is 0.0743. The van der Waals surface area contributed by atoms with E-state index in [0.717, 1.165) is 0 Å². The van der Waals surface area contributed by atoms with E-state index in [-0.39, 0.29) is 22.0 Å². The Hall–Kier alpha value is -3.60. The number of hydrogen-bond acceptors (Lipinski definition) is 5. The molecule has 29 heavy (non-hydrogen) atoms. The van der Waals surface area contributed by atoms with Crippen molar-refractivity contribution < 1.29 is 14.1 Å². The Morgan fingerprint density at radius 3 is 2.62 bits per heavy atom. The molecule has 0 aliphatic carbocycles. The van der Waals surface area contributed by atoms with E-state index in [0.29, 0.717) is 22.0 Å². The molecule has 7 nitrogen and oxygen atoms in total. The number of hydrogen-bond donors (Lipinski definition) is 1. The predicted molar refractivity (Wildman–Crippen MR) is 109 cm³/mol. The van der Waals surface area contributed by atoms with E-state index in [1.54, 1.807) is 24.3 Å². The van der Waals surface area contributed by atoms with Crippen molar-refractivity contribution in [2.24, 2.45) is 0 Å². The maximum Gasteiger partial charge on any atom is 0.270 e. The fraction of sp³-hybridized carbons (Fsp3) is 0. The smallest absolute Gasteiger partial charge is 0.270 e. The van der Waals surface area contributed by atoms with Crippen LogP contribution in [0.4, 0.5) is 11.4 Å². The van der Waals surface area contributed by atoms with Gasteiger partial charge in [-0.2, -0.15) is 5.26 Å². The molecule has 2 aromatic carbocycles. The molecule has 9 heteroatoms. The molecule has 0 unspecified atom stereocenters. The lowest BCUT2D eigenvalue weighted by Crippen LogP contribution is -2.13. The monoisotopic (exact) mass is 427 g/mol. The molecule has 0 radical (unpaired) electrons. The van der Waals surface area contributed by atoms with Gasteiger partial charge in [-0.1, -0.05) is 35.3 Å². The summed E-state index contributed by atoms with van der Waals surface area (Å²) in [7, 11) is 0. The number of furan rings is 1. The molecule has 1 aromatic heterocycles. The number of halogens is 2. The number of carbonyl (C=O) groups is 1. The van der Waals surface area contributed by atoms with Gasteiger partial charge in [-0.3, -0.25) is 14.9 Å². The Labute approximate surface area is 174 Å². The Kier molecular flexibility index (Phi) is 5.98.